The van der Waals surface area contributed by atoms with Crippen LogP contribution in [0.5, 0.6) is 0 Å². The number of hydrogen-bond acceptors (Lipinski definition) is 5. The van der Waals surface area contributed by atoms with E-state index >= 15 is 0 Å². The highest BCUT2D eigenvalue weighted by Crippen LogP contribution is 2.38. The summed E-state index contributed by atoms with van der Waals surface area (Å²) < 4.78 is 66.4. The Morgan fingerprint density at radius 3 is 2.33 bits per heavy atom. The first kappa shape index (κ1) is 20.2. The van der Waals surface area contributed by atoms with Crippen LogP contribution in [0.1, 0.15) is 12.5 Å². The monoisotopic (exact) mass is 403 g/mol. The largest absolute Gasteiger partial charge is 0.418 e. The minimum absolute atomic E-state index is 0.191. The molecule has 0 aromatic heterocycles. The number of carbonyl (C=O) groups is 1. The van der Waals surface area contributed by atoms with Gasteiger partial charge in [-0.25, -0.2) is 8.42 Å². The maximum atomic E-state index is 13.3. The van der Waals surface area contributed by atoms with Crippen molar-refractivity contribution in [3.8, 4) is 0 Å². The Morgan fingerprint density at radius 2 is 1.78 bits per heavy atom. The van der Waals surface area contributed by atoms with Crippen molar-refractivity contribution in [2.45, 2.75) is 18.0 Å². The van der Waals surface area contributed by atoms with Gasteiger partial charge in [0.05, 0.1) is 16.2 Å². The van der Waals surface area contributed by atoms with Crippen molar-refractivity contribution in [2.75, 3.05) is 10.0 Å². The van der Waals surface area contributed by atoms with Crippen LogP contribution in [0.4, 0.5) is 30.2 Å². The number of benzene rings is 2. The summed E-state index contributed by atoms with van der Waals surface area (Å²) in [6.45, 7) is 1.10. The molecule has 0 heterocycles. The first-order chi connectivity index (χ1) is 12.4. The van der Waals surface area contributed by atoms with Crippen molar-refractivity contribution in [1.82, 2.24) is 0 Å². The highest BCUT2D eigenvalue weighted by molar-refractivity contribution is 7.92. The fourth-order valence-corrected chi connectivity index (χ4v) is 3.44. The zero-order chi connectivity index (χ0) is 20.4. The third kappa shape index (κ3) is 4.73. The van der Waals surface area contributed by atoms with Crippen LogP contribution in [0, 0.1) is 10.1 Å². The normalized spacial score (nSPS) is 11.7. The third-order valence-corrected chi connectivity index (χ3v) is 4.65. The summed E-state index contributed by atoms with van der Waals surface area (Å²) in [6.07, 6.45) is -4.95. The molecule has 0 fully saturated rings. The molecule has 144 valence electrons. The lowest BCUT2D eigenvalue weighted by atomic mass is 10.1. The maximum absolute atomic E-state index is 13.3. The van der Waals surface area contributed by atoms with Crippen LogP contribution < -0.4 is 10.0 Å². The Hall–Kier alpha value is -3.15. The van der Waals surface area contributed by atoms with Crippen LogP contribution in [-0.2, 0) is 21.0 Å². The zero-order valence-electron chi connectivity index (χ0n) is 13.6. The van der Waals surface area contributed by atoms with Crippen molar-refractivity contribution in [1.29, 1.82) is 0 Å². The van der Waals surface area contributed by atoms with E-state index in [0.717, 1.165) is 31.2 Å². The van der Waals surface area contributed by atoms with Gasteiger partial charge in [0.2, 0.25) is 5.91 Å². The summed E-state index contributed by atoms with van der Waals surface area (Å²) in [7, 11) is -4.69. The van der Waals surface area contributed by atoms with Crippen molar-refractivity contribution in [3.63, 3.8) is 0 Å². The van der Waals surface area contributed by atoms with Crippen LogP contribution in [0.3, 0.4) is 0 Å². The highest BCUT2D eigenvalue weighted by Gasteiger charge is 2.36. The number of hydrogen-bond donors (Lipinski definition) is 2. The molecule has 0 radical (unpaired) electrons. The predicted octanol–water partition coefficient (Wildman–Crippen LogP) is 3.37. The summed E-state index contributed by atoms with van der Waals surface area (Å²) in [6, 6.07) is 6.66. The number of carbonyl (C=O) groups excluding carboxylic acids is 1. The van der Waals surface area contributed by atoms with Gasteiger partial charge in [-0.15, -0.1) is 0 Å². The quantitative estimate of drug-likeness (QED) is 0.586. The van der Waals surface area contributed by atoms with Gasteiger partial charge in [0.25, 0.3) is 15.7 Å². The van der Waals surface area contributed by atoms with E-state index in [2.05, 4.69) is 5.32 Å². The number of nitrogens with one attached hydrogen (secondary N) is 2. The molecule has 0 spiro atoms. The lowest BCUT2D eigenvalue weighted by molar-refractivity contribution is -0.387. The minimum atomic E-state index is -4.95. The van der Waals surface area contributed by atoms with E-state index in [-0.39, 0.29) is 5.69 Å². The zero-order valence-corrected chi connectivity index (χ0v) is 14.4. The van der Waals surface area contributed by atoms with Crippen molar-refractivity contribution >= 4 is 33.0 Å². The number of nitrogens with zero attached hydrogens (tertiary/aromatic N) is 1. The number of sulfonamides is 1. The van der Waals surface area contributed by atoms with Crippen LogP contribution >= 0.6 is 0 Å². The number of alkyl halides is 3. The molecular weight excluding hydrogens is 391 g/mol. The number of halogens is 3. The van der Waals surface area contributed by atoms with E-state index in [1.54, 1.807) is 4.72 Å². The van der Waals surface area contributed by atoms with Gasteiger partial charge in [-0.1, -0.05) is 12.1 Å². The second-order valence-corrected chi connectivity index (χ2v) is 6.92. The van der Waals surface area contributed by atoms with Crippen molar-refractivity contribution in [3.05, 3.63) is 58.1 Å². The first-order valence-electron chi connectivity index (χ1n) is 7.17. The highest BCUT2D eigenvalue weighted by atomic mass is 32.2. The third-order valence-electron chi connectivity index (χ3n) is 3.24. The molecule has 27 heavy (non-hydrogen) atoms. The van der Waals surface area contributed by atoms with Crippen LogP contribution in [-0.4, -0.2) is 19.2 Å². The number of rotatable bonds is 5. The standard InChI is InChI=1S/C15H12F3N3O5S/c1-9(22)19-10-6-7-12(11(8-10)15(16,17)18)20-27(25,26)14-5-3-2-4-13(14)21(23)24/h2-8,20H,1H3,(H,19,22). The molecule has 2 N–H and O–H groups in total. The predicted molar refractivity (Wildman–Crippen MR) is 89.7 cm³/mol. The molecule has 0 aliphatic rings. The Morgan fingerprint density at radius 1 is 1.15 bits per heavy atom. The van der Waals surface area contributed by atoms with Crippen LogP contribution in [0.2, 0.25) is 0 Å². The molecule has 0 atom stereocenters. The minimum Gasteiger partial charge on any atom is -0.326 e. The molecule has 0 saturated carbocycles. The van der Waals surface area contributed by atoms with Gasteiger partial charge in [-0.05, 0) is 24.3 Å². The van der Waals surface area contributed by atoms with Crippen molar-refractivity contribution in [2.24, 2.45) is 0 Å². The maximum Gasteiger partial charge on any atom is 0.418 e. The van der Waals surface area contributed by atoms with E-state index < -0.39 is 48.9 Å². The molecule has 2 rings (SSSR count). The van der Waals surface area contributed by atoms with E-state index in [9.17, 15) is 36.5 Å². The molecular formula is C15H12F3N3O5S. The second kappa shape index (κ2) is 7.23. The van der Waals surface area contributed by atoms with E-state index in [0.29, 0.717) is 6.07 Å². The number of nitro benzene ring substituents is 1. The molecule has 2 aromatic rings. The molecule has 2 aromatic carbocycles. The number of anilines is 2. The topological polar surface area (TPSA) is 118 Å². The van der Waals surface area contributed by atoms with Gasteiger partial charge in [0.1, 0.15) is 0 Å². The smallest absolute Gasteiger partial charge is 0.326 e. The molecule has 0 unspecified atom stereocenters. The van der Waals surface area contributed by atoms with Gasteiger partial charge in [0, 0.05) is 18.7 Å². The Balaban J connectivity index is 2.53. The summed E-state index contributed by atoms with van der Waals surface area (Å²) in [5.74, 6) is -0.614. The number of para-hydroxylation sites is 1. The van der Waals surface area contributed by atoms with Gasteiger partial charge in [-0.3, -0.25) is 19.6 Å². The molecule has 0 saturated heterocycles. The lowest BCUT2D eigenvalue weighted by Crippen LogP contribution is -2.18. The van der Waals surface area contributed by atoms with Gasteiger partial charge >= 0.3 is 6.18 Å². The summed E-state index contributed by atoms with van der Waals surface area (Å²) >= 11 is 0. The molecule has 1 amide bonds. The Labute approximate surface area is 151 Å². The van der Waals surface area contributed by atoms with Crippen molar-refractivity contribution < 1.29 is 31.3 Å². The summed E-state index contributed by atoms with van der Waals surface area (Å²) in [5, 5.41) is 13.1. The van der Waals surface area contributed by atoms with E-state index in [1.165, 1.54) is 12.1 Å². The molecule has 0 aliphatic heterocycles. The van der Waals surface area contributed by atoms with Crippen LogP contribution in [0.15, 0.2) is 47.4 Å². The molecule has 0 bridgehead atoms. The van der Waals surface area contributed by atoms with E-state index in [4.69, 9.17) is 0 Å². The van der Waals surface area contributed by atoms with Crippen LogP contribution in [0.25, 0.3) is 0 Å². The SMILES string of the molecule is CC(=O)Nc1ccc(NS(=O)(=O)c2ccccc2[N+](=O)[O-])c(C(F)(F)F)c1. The second-order valence-electron chi connectivity index (χ2n) is 5.27. The number of amides is 1. The lowest BCUT2D eigenvalue weighted by Gasteiger charge is -2.16. The molecule has 0 aliphatic carbocycles. The van der Waals surface area contributed by atoms with Gasteiger partial charge in [-0.2, -0.15) is 13.2 Å². The average molecular weight is 403 g/mol. The average Bonchev–Trinajstić information content (AvgIpc) is 2.54. The summed E-state index contributed by atoms with van der Waals surface area (Å²) in [5.41, 5.74) is -3.18. The fourth-order valence-electron chi connectivity index (χ4n) is 2.18. The number of nitro groups is 1. The first-order valence-corrected chi connectivity index (χ1v) is 8.65. The summed E-state index contributed by atoms with van der Waals surface area (Å²) in [4.78, 5) is 20.3. The fraction of sp³-hybridized carbons (Fsp3) is 0.133. The Kier molecular flexibility index (Phi) is 5.40. The van der Waals surface area contributed by atoms with Gasteiger partial charge in [0.15, 0.2) is 4.90 Å². The van der Waals surface area contributed by atoms with Gasteiger partial charge < -0.3 is 5.32 Å². The molecule has 12 heteroatoms. The Bertz CT molecular complexity index is 1010. The molecule has 8 nitrogen and oxygen atoms in total. The van der Waals surface area contributed by atoms with E-state index in [1.807, 2.05) is 0 Å².